The standard InChI is InChI=1S/C21H38O4.Na/c1-18(2)15-13-11-9-7-5-4-6-8-10-12-14-16-25-20(22)17-19(3)21(23)24;/h18H,3-17H2,1-2H3,(H,23,24);/q;+1/p-1. The number of esters is 1. The molecule has 146 valence electrons. The molecule has 0 N–H and O–H groups in total. The van der Waals surface area contributed by atoms with Gasteiger partial charge in [-0.2, -0.15) is 0 Å². The molecule has 26 heavy (non-hydrogen) atoms. The molecular formula is C21H37NaO4. The summed E-state index contributed by atoms with van der Waals surface area (Å²) in [6.45, 7) is 8.19. The van der Waals surface area contributed by atoms with Crippen molar-refractivity contribution in [2.75, 3.05) is 6.61 Å². The van der Waals surface area contributed by atoms with E-state index in [1.165, 1.54) is 57.8 Å². The molecule has 0 aliphatic rings. The van der Waals surface area contributed by atoms with E-state index in [-0.39, 0.29) is 41.6 Å². The Labute approximate surface area is 182 Å². The number of hydrogen-bond acceptors (Lipinski definition) is 4. The van der Waals surface area contributed by atoms with Crippen LogP contribution in [-0.4, -0.2) is 18.5 Å². The Hall–Kier alpha value is -0.320. The molecule has 0 aliphatic carbocycles. The summed E-state index contributed by atoms with van der Waals surface area (Å²) in [5.74, 6) is -1.10. The van der Waals surface area contributed by atoms with Gasteiger partial charge in [0, 0.05) is 0 Å². The van der Waals surface area contributed by atoms with Gasteiger partial charge >= 0.3 is 35.5 Å². The second kappa shape index (κ2) is 19.4. The zero-order chi connectivity index (χ0) is 18.9. The Morgan fingerprint density at radius 3 is 1.69 bits per heavy atom. The van der Waals surface area contributed by atoms with E-state index in [2.05, 4.69) is 20.4 Å². The van der Waals surface area contributed by atoms with Crippen LogP contribution in [0.4, 0.5) is 0 Å². The number of hydrogen-bond donors (Lipinski definition) is 0. The molecular weight excluding hydrogens is 339 g/mol. The van der Waals surface area contributed by atoms with Gasteiger partial charge in [0.1, 0.15) is 0 Å². The number of carbonyl (C=O) groups is 2. The van der Waals surface area contributed by atoms with Crippen molar-refractivity contribution >= 4 is 11.9 Å². The van der Waals surface area contributed by atoms with Crippen molar-refractivity contribution in [2.24, 2.45) is 5.92 Å². The number of unbranched alkanes of at least 4 members (excludes halogenated alkanes) is 10. The fourth-order valence-electron chi connectivity index (χ4n) is 2.73. The molecule has 5 heteroatoms. The van der Waals surface area contributed by atoms with Gasteiger partial charge in [-0.1, -0.05) is 91.1 Å². The van der Waals surface area contributed by atoms with Crippen molar-refractivity contribution in [3.05, 3.63) is 12.2 Å². The summed E-state index contributed by atoms with van der Waals surface area (Å²) in [6, 6.07) is 0. The molecule has 0 aliphatic heterocycles. The van der Waals surface area contributed by atoms with E-state index in [1.54, 1.807) is 0 Å². The third-order valence-corrected chi connectivity index (χ3v) is 4.34. The van der Waals surface area contributed by atoms with Gasteiger partial charge in [0.2, 0.25) is 0 Å². The van der Waals surface area contributed by atoms with Crippen molar-refractivity contribution < 1.29 is 49.0 Å². The van der Waals surface area contributed by atoms with E-state index in [1.807, 2.05) is 0 Å². The van der Waals surface area contributed by atoms with E-state index in [9.17, 15) is 14.7 Å². The molecule has 0 rings (SSSR count). The van der Waals surface area contributed by atoms with Gasteiger partial charge < -0.3 is 14.6 Å². The summed E-state index contributed by atoms with van der Waals surface area (Å²) in [5.41, 5.74) is -0.232. The summed E-state index contributed by atoms with van der Waals surface area (Å²) in [4.78, 5) is 21.7. The van der Waals surface area contributed by atoms with Crippen molar-refractivity contribution in [3.63, 3.8) is 0 Å². The van der Waals surface area contributed by atoms with Crippen LogP contribution >= 0.6 is 0 Å². The first-order valence-electron chi connectivity index (χ1n) is 9.98. The number of carbonyl (C=O) groups excluding carboxylic acids is 2. The first-order valence-corrected chi connectivity index (χ1v) is 9.98. The van der Waals surface area contributed by atoms with Crippen LogP contribution in [0.25, 0.3) is 0 Å². The van der Waals surface area contributed by atoms with Gasteiger partial charge in [-0.05, 0) is 17.9 Å². The fraction of sp³-hybridized carbons (Fsp3) is 0.810. The van der Waals surface area contributed by atoms with Gasteiger partial charge in [0.25, 0.3) is 0 Å². The Balaban J connectivity index is 0. The Morgan fingerprint density at radius 2 is 1.27 bits per heavy atom. The van der Waals surface area contributed by atoms with E-state index >= 15 is 0 Å². The SMILES string of the molecule is C=C(CC(=O)OCCCCCCCCCCCCCC(C)C)C(=O)[O-].[Na+]. The Kier molecular flexibility index (Phi) is 20.9. The van der Waals surface area contributed by atoms with Crippen molar-refractivity contribution in [3.8, 4) is 0 Å². The van der Waals surface area contributed by atoms with Gasteiger partial charge in [0.05, 0.1) is 19.0 Å². The smallest absolute Gasteiger partial charge is 0.545 e. The van der Waals surface area contributed by atoms with E-state index in [0.717, 1.165) is 25.2 Å². The Morgan fingerprint density at radius 1 is 0.846 bits per heavy atom. The van der Waals surface area contributed by atoms with E-state index in [4.69, 9.17) is 4.74 Å². The van der Waals surface area contributed by atoms with Crippen LogP contribution in [0.15, 0.2) is 12.2 Å². The molecule has 0 atom stereocenters. The van der Waals surface area contributed by atoms with Crippen LogP contribution in [0.5, 0.6) is 0 Å². The minimum Gasteiger partial charge on any atom is -0.545 e. The molecule has 0 unspecified atom stereocenters. The van der Waals surface area contributed by atoms with Crippen LogP contribution in [0.3, 0.4) is 0 Å². The molecule has 0 bridgehead atoms. The average molecular weight is 377 g/mol. The summed E-state index contributed by atoms with van der Waals surface area (Å²) < 4.78 is 4.98. The second-order valence-corrected chi connectivity index (χ2v) is 7.36. The molecule has 0 saturated heterocycles. The first kappa shape index (κ1) is 27.9. The molecule has 0 saturated carbocycles. The molecule has 0 aromatic rings. The van der Waals surface area contributed by atoms with Crippen molar-refractivity contribution in [1.82, 2.24) is 0 Å². The third-order valence-electron chi connectivity index (χ3n) is 4.34. The summed E-state index contributed by atoms with van der Waals surface area (Å²) in [6.07, 6.45) is 14.8. The maximum absolute atomic E-state index is 11.3. The minimum absolute atomic E-state index is 0. The van der Waals surface area contributed by atoms with E-state index in [0.29, 0.717) is 6.61 Å². The van der Waals surface area contributed by atoms with Gasteiger partial charge in [-0.15, -0.1) is 0 Å². The molecule has 0 aromatic heterocycles. The van der Waals surface area contributed by atoms with Crippen LogP contribution < -0.4 is 34.7 Å². The quantitative estimate of drug-likeness (QED) is 0.167. The van der Waals surface area contributed by atoms with Crippen molar-refractivity contribution in [2.45, 2.75) is 97.3 Å². The number of aliphatic carboxylic acids is 1. The number of rotatable bonds is 17. The zero-order valence-electron chi connectivity index (χ0n) is 17.3. The molecule has 0 heterocycles. The van der Waals surface area contributed by atoms with Gasteiger partial charge in [-0.3, -0.25) is 4.79 Å². The van der Waals surface area contributed by atoms with Gasteiger partial charge in [0.15, 0.2) is 0 Å². The maximum Gasteiger partial charge on any atom is 1.00 e. The molecule has 0 spiro atoms. The summed E-state index contributed by atoms with van der Waals surface area (Å²) in [5, 5.41) is 10.4. The fourth-order valence-corrected chi connectivity index (χ4v) is 2.73. The normalized spacial score (nSPS) is 10.4. The monoisotopic (exact) mass is 376 g/mol. The predicted octanol–water partition coefficient (Wildman–Crippen LogP) is 1.57. The zero-order valence-corrected chi connectivity index (χ0v) is 19.3. The number of carboxylic acids is 1. The number of ether oxygens (including phenoxy) is 1. The second-order valence-electron chi connectivity index (χ2n) is 7.36. The summed E-state index contributed by atoms with van der Waals surface area (Å²) >= 11 is 0. The third kappa shape index (κ3) is 20.0. The van der Waals surface area contributed by atoms with Gasteiger partial charge in [-0.25, -0.2) is 0 Å². The first-order chi connectivity index (χ1) is 11.9. The number of carboxylic acid groups (broad SMARTS) is 1. The molecule has 0 radical (unpaired) electrons. The Bertz CT molecular complexity index is 380. The molecule has 4 nitrogen and oxygen atoms in total. The van der Waals surface area contributed by atoms with Crippen LogP contribution in [-0.2, 0) is 14.3 Å². The minimum atomic E-state index is -1.40. The van der Waals surface area contributed by atoms with Crippen LogP contribution in [0, 0.1) is 5.92 Å². The van der Waals surface area contributed by atoms with E-state index < -0.39 is 11.9 Å². The summed E-state index contributed by atoms with van der Waals surface area (Å²) in [7, 11) is 0. The van der Waals surface area contributed by atoms with Crippen LogP contribution in [0.2, 0.25) is 0 Å². The molecule has 0 fully saturated rings. The largest absolute Gasteiger partial charge is 1.00 e. The average Bonchev–Trinajstić information content (AvgIpc) is 2.54. The van der Waals surface area contributed by atoms with Crippen LogP contribution in [0.1, 0.15) is 97.3 Å². The topological polar surface area (TPSA) is 66.4 Å². The molecule has 0 amide bonds. The molecule has 0 aromatic carbocycles. The predicted molar refractivity (Wildman–Crippen MR) is 100.0 cm³/mol. The maximum atomic E-state index is 11.3. The van der Waals surface area contributed by atoms with Crippen molar-refractivity contribution in [1.29, 1.82) is 0 Å².